The minimum absolute atomic E-state index is 0.0441. The molecule has 0 saturated heterocycles. The van der Waals surface area contributed by atoms with E-state index in [2.05, 4.69) is 5.10 Å². The Morgan fingerprint density at radius 2 is 1.68 bits per heavy atom. The number of esters is 1. The number of aromatic nitrogens is 2. The number of benzene rings is 2. The van der Waals surface area contributed by atoms with Crippen molar-refractivity contribution in [1.82, 2.24) is 18.8 Å². The van der Waals surface area contributed by atoms with Crippen LogP contribution in [0.15, 0.2) is 63.1 Å². The number of amides is 2. The molecule has 1 aliphatic heterocycles. The Balaban J connectivity index is 1.60. The summed E-state index contributed by atoms with van der Waals surface area (Å²) in [6.07, 6.45) is 0. The van der Waals surface area contributed by atoms with Crippen LogP contribution >= 0.6 is 0 Å². The zero-order valence-corrected chi connectivity index (χ0v) is 23.0. The highest BCUT2D eigenvalue weighted by atomic mass is 32.2. The number of Topliss-reactive ketones (excluding diaryl/α,β-unsaturated/α-hetero) is 1. The van der Waals surface area contributed by atoms with Crippen molar-refractivity contribution in [2.24, 2.45) is 0 Å². The quantitative estimate of drug-likeness (QED) is 0.253. The smallest absolute Gasteiger partial charge is 0.360 e. The van der Waals surface area contributed by atoms with Crippen molar-refractivity contribution in [2.45, 2.75) is 23.6 Å². The van der Waals surface area contributed by atoms with E-state index in [-0.39, 0.29) is 27.1 Å². The standard InChI is InChI=1S/C24H21N5O10S2/c1-3-39-24(34)21-20(25)19(13(2)30)23(33)29(26-21)14-8-10-15(11-9-14)40(35,36)27-18(31)12-28-22(32)16-6-4-5-7-17(16)41(28,37)38/h4-11H,3,12,25H2,1-2H3,(H,27,31). The number of carbonyl (C=O) groups is 4. The first kappa shape index (κ1) is 29.1. The lowest BCUT2D eigenvalue weighted by atomic mass is 10.1. The van der Waals surface area contributed by atoms with Crippen LogP contribution in [0, 0.1) is 0 Å². The number of carbonyl (C=O) groups excluding carboxylic acids is 4. The number of nitrogen functional groups attached to an aromatic ring is 1. The summed E-state index contributed by atoms with van der Waals surface area (Å²) >= 11 is 0. The number of nitrogens with zero attached hydrogens (tertiary/aromatic N) is 3. The lowest BCUT2D eigenvalue weighted by Gasteiger charge is -2.15. The molecule has 0 bridgehead atoms. The molecule has 17 heteroatoms. The van der Waals surface area contributed by atoms with Gasteiger partial charge in [-0.25, -0.2) is 30.7 Å². The molecule has 0 radical (unpaired) electrons. The van der Waals surface area contributed by atoms with Gasteiger partial charge in [0, 0.05) is 0 Å². The van der Waals surface area contributed by atoms with Crippen LogP contribution < -0.4 is 16.0 Å². The number of hydrogen-bond acceptors (Lipinski definition) is 12. The van der Waals surface area contributed by atoms with Crippen molar-refractivity contribution in [3.05, 3.63) is 75.7 Å². The molecule has 0 unspecified atom stereocenters. The molecule has 1 aliphatic rings. The predicted octanol–water partition coefficient (Wildman–Crippen LogP) is -0.156. The minimum Gasteiger partial charge on any atom is -0.461 e. The van der Waals surface area contributed by atoms with Crippen molar-refractivity contribution >= 4 is 49.3 Å². The second kappa shape index (κ2) is 10.6. The Hall–Kier alpha value is -4.90. The van der Waals surface area contributed by atoms with Crippen LogP contribution in [0.5, 0.6) is 0 Å². The number of ketones is 1. The van der Waals surface area contributed by atoms with Crippen LogP contribution in [0.1, 0.15) is 45.1 Å². The number of hydrogen-bond donors (Lipinski definition) is 2. The van der Waals surface area contributed by atoms with E-state index < -0.39 is 77.6 Å². The SMILES string of the molecule is CCOC(=O)c1nn(-c2ccc(S(=O)(=O)NC(=O)CN3C(=O)c4ccccc4S3(=O)=O)cc2)c(=O)c(C(C)=O)c1N. The molecular formula is C24H21N5O10S2. The highest BCUT2D eigenvalue weighted by molar-refractivity contribution is 7.90. The summed E-state index contributed by atoms with van der Waals surface area (Å²) in [5, 5.41) is 3.88. The van der Waals surface area contributed by atoms with Gasteiger partial charge in [-0.15, -0.1) is 0 Å². The van der Waals surface area contributed by atoms with Gasteiger partial charge >= 0.3 is 5.97 Å². The topological polar surface area (TPSA) is 222 Å². The molecule has 1 aromatic heterocycles. The van der Waals surface area contributed by atoms with Gasteiger partial charge in [0.15, 0.2) is 11.5 Å². The van der Waals surface area contributed by atoms with Gasteiger partial charge in [0.25, 0.3) is 37.4 Å². The third kappa shape index (κ3) is 5.19. The van der Waals surface area contributed by atoms with Crippen molar-refractivity contribution in [3.63, 3.8) is 0 Å². The molecule has 2 amide bonds. The van der Waals surface area contributed by atoms with E-state index in [0.29, 0.717) is 4.68 Å². The summed E-state index contributed by atoms with van der Waals surface area (Å²) in [7, 11) is -8.93. The minimum atomic E-state index is -4.58. The largest absolute Gasteiger partial charge is 0.461 e. The third-order valence-corrected chi connectivity index (χ3v) is 8.97. The molecular weight excluding hydrogens is 582 g/mol. The van der Waals surface area contributed by atoms with E-state index in [1.165, 1.54) is 31.2 Å². The first-order valence-corrected chi connectivity index (χ1v) is 14.6. The molecule has 0 spiro atoms. The third-order valence-electron chi connectivity index (χ3n) is 5.79. The van der Waals surface area contributed by atoms with E-state index in [4.69, 9.17) is 10.5 Å². The Kier molecular flexibility index (Phi) is 7.51. The molecule has 0 aliphatic carbocycles. The molecule has 2 aromatic carbocycles. The van der Waals surface area contributed by atoms with Crippen molar-refractivity contribution in [1.29, 1.82) is 0 Å². The molecule has 41 heavy (non-hydrogen) atoms. The molecule has 0 atom stereocenters. The zero-order valence-electron chi connectivity index (χ0n) is 21.4. The van der Waals surface area contributed by atoms with Gasteiger partial charge in [0.1, 0.15) is 17.0 Å². The van der Waals surface area contributed by atoms with Crippen LogP contribution in [-0.4, -0.2) is 67.6 Å². The lowest BCUT2D eigenvalue weighted by molar-refractivity contribution is -0.119. The van der Waals surface area contributed by atoms with E-state index >= 15 is 0 Å². The lowest BCUT2D eigenvalue weighted by Crippen LogP contribution is -2.42. The molecule has 4 rings (SSSR count). The van der Waals surface area contributed by atoms with Crippen LogP contribution in [0.25, 0.3) is 5.69 Å². The van der Waals surface area contributed by atoms with Crippen LogP contribution in [0.2, 0.25) is 0 Å². The molecule has 214 valence electrons. The van der Waals surface area contributed by atoms with Gasteiger partial charge in [-0.3, -0.25) is 19.2 Å². The molecule has 15 nitrogen and oxygen atoms in total. The second-order valence-electron chi connectivity index (χ2n) is 8.47. The Labute approximate surface area is 232 Å². The number of nitrogens with two attached hydrogens (primary N) is 1. The summed E-state index contributed by atoms with van der Waals surface area (Å²) in [6, 6.07) is 9.48. The van der Waals surface area contributed by atoms with Crippen LogP contribution in [0.4, 0.5) is 5.69 Å². The summed E-state index contributed by atoms with van der Waals surface area (Å²) in [5.74, 6) is -4.03. The van der Waals surface area contributed by atoms with E-state index in [9.17, 15) is 40.8 Å². The number of anilines is 1. The fourth-order valence-electron chi connectivity index (χ4n) is 3.93. The summed E-state index contributed by atoms with van der Waals surface area (Å²) in [6.45, 7) is 1.44. The molecule has 3 N–H and O–H groups in total. The normalized spacial score (nSPS) is 13.9. The number of sulfonamides is 2. The average Bonchev–Trinajstić information content (AvgIpc) is 3.09. The zero-order chi connectivity index (χ0) is 30.3. The van der Waals surface area contributed by atoms with Gasteiger partial charge < -0.3 is 10.5 Å². The molecule has 3 aromatic rings. The second-order valence-corrected chi connectivity index (χ2v) is 12.0. The van der Waals surface area contributed by atoms with E-state index in [1.54, 1.807) is 4.72 Å². The van der Waals surface area contributed by atoms with Crippen LogP contribution in [-0.2, 0) is 29.6 Å². The number of fused-ring (bicyclic) bond motifs is 1. The maximum Gasteiger partial charge on any atom is 0.360 e. The predicted molar refractivity (Wildman–Crippen MR) is 140 cm³/mol. The Morgan fingerprint density at radius 3 is 2.27 bits per heavy atom. The average molecular weight is 604 g/mol. The van der Waals surface area contributed by atoms with Crippen molar-refractivity contribution < 1.29 is 40.8 Å². The fourth-order valence-corrected chi connectivity index (χ4v) is 6.43. The van der Waals surface area contributed by atoms with Crippen LogP contribution in [0.3, 0.4) is 0 Å². The molecule has 2 heterocycles. The number of ether oxygens (including phenoxy) is 1. The Morgan fingerprint density at radius 1 is 1.05 bits per heavy atom. The van der Waals surface area contributed by atoms with Gasteiger partial charge in [0.05, 0.1) is 28.4 Å². The van der Waals surface area contributed by atoms with Gasteiger partial charge in [-0.1, -0.05) is 12.1 Å². The fraction of sp³-hybridized carbons (Fsp3) is 0.167. The highest BCUT2D eigenvalue weighted by Gasteiger charge is 2.42. The summed E-state index contributed by atoms with van der Waals surface area (Å²) < 4.78 is 58.4. The maximum absolute atomic E-state index is 12.9. The first-order chi connectivity index (χ1) is 19.2. The van der Waals surface area contributed by atoms with Gasteiger partial charge in [-0.05, 0) is 50.2 Å². The van der Waals surface area contributed by atoms with Crippen molar-refractivity contribution in [2.75, 3.05) is 18.9 Å². The summed E-state index contributed by atoms with van der Waals surface area (Å²) in [4.78, 5) is 61.5. The maximum atomic E-state index is 12.9. The molecule has 0 fully saturated rings. The van der Waals surface area contributed by atoms with E-state index in [0.717, 1.165) is 31.2 Å². The Bertz CT molecular complexity index is 1900. The summed E-state index contributed by atoms with van der Waals surface area (Å²) in [5.41, 5.74) is 3.12. The van der Waals surface area contributed by atoms with Crippen molar-refractivity contribution in [3.8, 4) is 5.69 Å². The number of rotatable bonds is 8. The van der Waals surface area contributed by atoms with E-state index in [1.807, 2.05) is 0 Å². The number of nitrogens with one attached hydrogen (secondary N) is 1. The first-order valence-electron chi connectivity index (χ1n) is 11.6. The monoisotopic (exact) mass is 603 g/mol. The van der Waals surface area contributed by atoms with Gasteiger partial charge in [0.2, 0.25) is 0 Å². The van der Waals surface area contributed by atoms with Gasteiger partial charge in [-0.2, -0.15) is 9.78 Å². The molecule has 0 saturated carbocycles. The highest BCUT2D eigenvalue weighted by Crippen LogP contribution is 2.29.